The van der Waals surface area contributed by atoms with Gasteiger partial charge in [-0.2, -0.15) is 0 Å². The fourth-order valence-electron chi connectivity index (χ4n) is 2.42. The summed E-state index contributed by atoms with van der Waals surface area (Å²) in [5.74, 6) is 0.231. The second-order valence-electron chi connectivity index (χ2n) is 4.73. The highest BCUT2D eigenvalue weighted by molar-refractivity contribution is 5.62. The number of rotatable bonds is 5. The molecule has 0 radical (unpaired) electrons. The minimum absolute atomic E-state index is 0.105. The van der Waals surface area contributed by atoms with E-state index in [1.807, 2.05) is 49.4 Å². The quantitative estimate of drug-likeness (QED) is 0.668. The zero-order chi connectivity index (χ0) is 15.2. The first kappa shape index (κ1) is 15.1. The second-order valence-corrected chi connectivity index (χ2v) is 4.73. The van der Waals surface area contributed by atoms with Crippen LogP contribution in [0, 0.1) is 0 Å². The number of hydrogen-bond donors (Lipinski definition) is 1. The van der Waals surface area contributed by atoms with Gasteiger partial charge in [0, 0.05) is 18.6 Å². The van der Waals surface area contributed by atoms with Crippen LogP contribution in [0.15, 0.2) is 54.6 Å². The maximum Gasteiger partial charge on any atom is 0.511 e. The molecule has 0 amide bonds. The van der Waals surface area contributed by atoms with Crippen LogP contribution < -0.4 is 4.74 Å². The van der Waals surface area contributed by atoms with Crippen LogP contribution in [0.4, 0.5) is 4.79 Å². The van der Waals surface area contributed by atoms with Crippen molar-refractivity contribution in [2.45, 2.75) is 18.9 Å². The van der Waals surface area contributed by atoms with Crippen molar-refractivity contribution in [3.63, 3.8) is 0 Å². The summed E-state index contributed by atoms with van der Waals surface area (Å²) in [6.45, 7) is 1.95. The topological polar surface area (TPSA) is 55.8 Å². The van der Waals surface area contributed by atoms with Gasteiger partial charge in [0.2, 0.25) is 0 Å². The molecule has 0 aromatic heterocycles. The summed E-state index contributed by atoms with van der Waals surface area (Å²) < 4.78 is 10.4. The summed E-state index contributed by atoms with van der Waals surface area (Å²) in [4.78, 5) is 10.9. The zero-order valence-corrected chi connectivity index (χ0v) is 12.0. The van der Waals surface area contributed by atoms with Crippen molar-refractivity contribution < 1.29 is 19.4 Å². The normalized spacial score (nSPS) is 13.4. The van der Waals surface area contributed by atoms with E-state index in [1.54, 1.807) is 19.2 Å². The van der Waals surface area contributed by atoms with Gasteiger partial charge in [-0.15, -0.1) is 0 Å². The van der Waals surface area contributed by atoms with Gasteiger partial charge < -0.3 is 14.6 Å². The van der Waals surface area contributed by atoms with E-state index in [4.69, 9.17) is 14.6 Å². The average Bonchev–Trinajstić information content (AvgIpc) is 2.49. The first-order valence-electron chi connectivity index (χ1n) is 6.71. The van der Waals surface area contributed by atoms with Gasteiger partial charge in [0.1, 0.15) is 5.75 Å². The van der Waals surface area contributed by atoms with Gasteiger partial charge in [-0.25, -0.2) is 4.79 Å². The monoisotopic (exact) mass is 286 g/mol. The third kappa shape index (κ3) is 3.61. The standard InChI is InChI=1S/C17H18O4/c1-12(20-2)16(13-8-4-3-5-9-13)14-10-6-7-11-15(14)21-17(18)19/h3-12,16H,1-2H3,(H,18,19). The molecule has 21 heavy (non-hydrogen) atoms. The lowest BCUT2D eigenvalue weighted by molar-refractivity contribution is 0.103. The molecule has 4 nitrogen and oxygen atoms in total. The van der Waals surface area contributed by atoms with Crippen LogP contribution in [0.1, 0.15) is 24.0 Å². The van der Waals surface area contributed by atoms with E-state index in [-0.39, 0.29) is 12.0 Å². The van der Waals surface area contributed by atoms with E-state index in [9.17, 15) is 4.79 Å². The summed E-state index contributed by atoms with van der Waals surface area (Å²) in [7, 11) is 1.64. The van der Waals surface area contributed by atoms with Crippen LogP contribution >= 0.6 is 0 Å². The Bertz CT molecular complexity index is 595. The molecule has 0 heterocycles. The Morgan fingerprint density at radius 2 is 1.67 bits per heavy atom. The van der Waals surface area contributed by atoms with Crippen LogP contribution in [-0.4, -0.2) is 24.5 Å². The molecule has 0 saturated heterocycles. The number of ether oxygens (including phenoxy) is 2. The van der Waals surface area contributed by atoms with E-state index < -0.39 is 6.16 Å². The molecule has 2 aromatic rings. The second kappa shape index (κ2) is 6.90. The van der Waals surface area contributed by atoms with Gasteiger partial charge in [-0.05, 0) is 18.6 Å². The third-order valence-electron chi connectivity index (χ3n) is 3.45. The van der Waals surface area contributed by atoms with Crippen LogP contribution in [-0.2, 0) is 4.74 Å². The molecule has 1 N–H and O–H groups in total. The summed E-state index contributed by atoms with van der Waals surface area (Å²) >= 11 is 0. The number of carbonyl (C=O) groups is 1. The van der Waals surface area contributed by atoms with Gasteiger partial charge in [0.25, 0.3) is 0 Å². The minimum Gasteiger partial charge on any atom is -0.449 e. The van der Waals surface area contributed by atoms with Crippen molar-refractivity contribution in [3.8, 4) is 5.75 Å². The Balaban J connectivity index is 2.49. The van der Waals surface area contributed by atoms with Crippen LogP contribution in [0.5, 0.6) is 5.75 Å². The molecule has 2 aromatic carbocycles. The highest BCUT2D eigenvalue weighted by Gasteiger charge is 2.25. The van der Waals surface area contributed by atoms with E-state index in [0.717, 1.165) is 11.1 Å². The summed E-state index contributed by atoms with van der Waals surface area (Å²) in [6.07, 6.45) is -1.44. The molecule has 2 atom stereocenters. The molecule has 0 saturated carbocycles. The predicted molar refractivity (Wildman–Crippen MR) is 79.9 cm³/mol. The third-order valence-corrected chi connectivity index (χ3v) is 3.45. The van der Waals surface area contributed by atoms with Gasteiger partial charge in [-0.1, -0.05) is 48.5 Å². The Morgan fingerprint density at radius 3 is 2.29 bits per heavy atom. The Kier molecular flexibility index (Phi) is 4.95. The van der Waals surface area contributed by atoms with Gasteiger partial charge in [0.15, 0.2) is 0 Å². The maximum atomic E-state index is 10.9. The van der Waals surface area contributed by atoms with Gasteiger partial charge in [-0.3, -0.25) is 0 Å². The number of methoxy groups -OCH3 is 1. The largest absolute Gasteiger partial charge is 0.511 e. The summed E-state index contributed by atoms with van der Waals surface area (Å²) in [6, 6.07) is 17.0. The average molecular weight is 286 g/mol. The predicted octanol–water partition coefficient (Wildman–Crippen LogP) is 3.91. The lowest BCUT2D eigenvalue weighted by Gasteiger charge is -2.25. The first-order valence-corrected chi connectivity index (χ1v) is 6.71. The van der Waals surface area contributed by atoms with Crippen molar-refractivity contribution in [1.29, 1.82) is 0 Å². The molecule has 0 spiro atoms. The number of carboxylic acid groups (broad SMARTS) is 1. The number of para-hydroxylation sites is 1. The molecular weight excluding hydrogens is 268 g/mol. The molecule has 2 unspecified atom stereocenters. The number of hydrogen-bond acceptors (Lipinski definition) is 3. The van der Waals surface area contributed by atoms with E-state index >= 15 is 0 Å². The van der Waals surface area contributed by atoms with Crippen LogP contribution in [0.2, 0.25) is 0 Å². The van der Waals surface area contributed by atoms with Crippen molar-refractivity contribution in [3.05, 3.63) is 65.7 Å². The Hall–Kier alpha value is -2.33. The summed E-state index contributed by atoms with van der Waals surface area (Å²) in [5, 5.41) is 8.89. The Morgan fingerprint density at radius 1 is 1.05 bits per heavy atom. The molecule has 2 rings (SSSR count). The molecule has 0 aliphatic carbocycles. The molecular formula is C17H18O4. The van der Waals surface area contributed by atoms with Crippen molar-refractivity contribution in [2.24, 2.45) is 0 Å². The smallest absolute Gasteiger partial charge is 0.449 e. The fourth-order valence-corrected chi connectivity index (χ4v) is 2.42. The molecule has 4 heteroatoms. The maximum absolute atomic E-state index is 10.9. The number of benzene rings is 2. The van der Waals surface area contributed by atoms with Gasteiger partial charge in [0.05, 0.1) is 6.10 Å². The summed E-state index contributed by atoms with van der Waals surface area (Å²) in [5.41, 5.74) is 1.84. The lowest BCUT2D eigenvalue weighted by atomic mass is 9.86. The van der Waals surface area contributed by atoms with Crippen molar-refractivity contribution >= 4 is 6.16 Å². The van der Waals surface area contributed by atoms with E-state index in [2.05, 4.69) is 0 Å². The molecule has 110 valence electrons. The van der Waals surface area contributed by atoms with Crippen LogP contribution in [0.3, 0.4) is 0 Å². The molecule has 0 fully saturated rings. The minimum atomic E-state index is -1.32. The molecule has 0 bridgehead atoms. The van der Waals surface area contributed by atoms with E-state index in [1.165, 1.54) is 0 Å². The molecule has 0 aliphatic rings. The highest BCUT2D eigenvalue weighted by atomic mass is 16.7. The molecule has 0 aliphatic heterocycles. The van der Waals surface area contributed by atoms with E-state index in [0.29, 0.717) is 5.75 Å². The van der Waals surface area contributed by atoms with Crippen molar-refractivity contribution in [2.75, 3.05) is 7.11 Å². The zero-order valence-electron chi connectivity index (χ0n) is 12.0. The fraction of sp³-hybridized carbons (Fsp3) is 0.235. The van der Waals surface area contributed by atoms with Gasteiger partial charge >= 0.3 is 6.16 Å². The van der Waals surface area contributed by atoms with Crippen molar-refractivity contribution in [1.82, 2.24) is 0 Å². The highest BCUT2D eigenvalue weighted by Crippen LogP contribution is 2.35. The first-order chi connectivity index (χ1) is 10.1. The lowest BCUT2D eigenvalue weighted by Crippen LogP contribution is -2.20. The SMILES string of the molecule is COC(C)C(c1ccccc1)c1ccccc1OC(=O)O. The Labute approximate surface area is 123 Å². The van der Waals surface area contributed by atoms with Crippen LogP contribution in [0.25, 0.3) is 0 Å².